The van der Waals surface area contributed by atoms with Crippen LogP contribution in [0.25, 0.3) is 0 Å². The van der Waals surface area contributed by atoms with Crippen molar-refractivity contribution < 1.29 is 9.72 Å². The molecule has 0 saturated heterocycles. The Balaban J connectivity index is 2.07. The molecule has 2 rings (SSSR count). The molecule has 126 valence electrons. The number of anilines is 1. The highest BCUT2D eigenvalue weighted by Crippen LogP contribution is 2.30. The lowest BCUT2D eigenvalue weighted by atomic mass is 10.1. The number of hydrogen-bond donors (Lipinski definition) is 1. The number of amides is 1. The summed E-state index contributed by atoms with van der Waals surface area (Å²) in [6.45, 7) is 4.41. The van der Waals surface area contributed by atoms with E-state index in [0.717, 1.165) is 11.1 Å². The van der Waals surface area contributed by atoms with E-state index in [4.69, 9.17) is 0 Å². The predicted octanol–water partition coefficient (Wildman–Crippen LogP) is 3.28. The number of nitro groups is 1. The van der Waals surface area contributed by atoms with Crippen LogP contribution in [0.5, 0.6) is 0 Å². The van der Waals surface area contributed by atoms with Crippen LogP contribution in [0.3, 0.4) is 0 Å². The van der Waals surface area contributed by atoms with E-state index in [9.17, 15) is 14.9 Å². The molecule has 2 aromatic carbocycles. The van der Waals surface area contributed by atoms with Crippen molar-refractivity contribution in [2.45, 2.75) is 20.4 Å². The molecular weight excluding hydrogens is 306 g/mol. The maximum Gasteiger partial charge on any atom is 0.293 e. The molecule has 0 bridgehead atoms. The quantitative estimate of drug-likeness (QED) is 0.652. The van der Waals surface area contributed by atoms with Gasteiger partial charge >= 0.3 is 0 Å². The van der Waals surface area contributed by atoms with E-state index in [1.165, 1.54) is 6.07 Å². The Morgan fingerprint density at radius 1 is 1.17 bits per heavy atom. The Hall–Kier alpha value is -2.73. The molecule has 0 unspecified atom stereocenters. The molecule has 1 amide bonds. The van der Waals surface area contributed by atoms with Crippen molar-refractivity contribution >= 4 is 17.3 Å². The van der Waals surface area contributed by atoms with Gasteiger partial charge in [0, 0.05) is 12.6 Å². The number of hydrogen-bond acceptors (Lipinski definition) is 4. The Labute approximate surface area is 141 Å². The first kappa shape index (κ1) is 17.6. The lowest BCUT2D eigenvalue weighted by Crippen LogP contribution is -2.30. The summed E-state index contributed by atoms with van der Waals surface area (Å²) >= 11 is 0. The summed E-state index contributed by atoms with van der Waals surface area (Å²) in [7, 11) is 1.84. The molecule has 1 N–H and O–H groups in total. The number of nitrogens with one attached hydrogen (secondary N) is 1. The van der Waals surface area contributed by atoms with Gasteiger partial charge in [-0.15, -0.1) is 0 Å². The van der Waals surface area contributed by atoms with Crippen LogP contribution in [0, 0.1) is 24.0 Å². The van der Waals surface area contributed by atoms with Crippen LogP contribution in [-0.4, -0.2) is 29.3 Å². The minimum Gasteiger partial charge on any atom is -0.319 e. The SMILES string of the molecule is Cc1ccc([N+](=O)[O-])c(NC(=O)CN(C)Cc2ccccc2)c1C. The third-order valence-corrected chi connectivity index (χ3v) is 3.88. The number of nitrogens with zero attached hydrogens (tertiary/aromatic N) is 2. The first-order valence-electron chi connectivity index (χ1n) is 7.65. The molecule has 0 spiro atoms. The fourth-order valence-corrected chi connectivity index (χ4v) is 2.49. The summed E-state index contributed by atoms with van der Waals surface area (Å²) < 4.78 is 0. The van der Waals surface area contributed by atoms with Crippen molar-refractivity contribution in [1.29, 1.82) is 0 Å². The monoisotopic (exact) mass is 327 g/mol. The number of rotatable bonds is 6. The molecule has 0 fully saturated rings. The molecule has 2 aromatic rings. The van der Waals surface area contributed by atoms with E-state index in [-0.39, 0.29) is 23.8 Å². The zero-order valence-corrected chi connectivity index (χ0v) is 14.1. The lowest BCUT2D eigenvalue weighted by molar-refractivity contribution is -0.384. The van der Waals surface area contributed by atoms with Crippen LogP contribution in [0.2, 0.25) is 0 Å². The summed E-state index contributed by atoms with van der Waals surface area (Å²) in [5.41, 5.74) is 2.90. The molecular formula is C18H21N3O3. The standard InChI is InChI=1S/C18H21N3O3/c1-13-9-10-16(21(23)24)18(14(13)2)19-17(22)12-20(3)11-15-7-5-4-6-8-15/h4-10H,11-12H2,1-3H3,(H,19,22). The molecule has 0 atom stereocenters. The molecule has 6 heteroatoms. The minimum atomic E-state index is -0.476. The zero-order chi connectivity index (χ0) is 17.7. The van der Waals surface area contributed by atoms with Crippen molar-refractivity contribution in [2.24, 2.45) is 0 Å². The van der Waals surface area contributed by atoms with Gasteiger partial charge < -0.3 is 5.32 Å². The lowest BCUT2D eigenvalue weighted by Gasteiger charge is -2.17. The molecule has 0 aliphatic rings. The van der Waals surface area contributed by atoms with Gasteiger partial charge in [0.25, 0.3) is 5.69 Å². The molecule has 0 saturated carbocycles. The summed E-state index contributed by atoms with van der Waals surface area (Å²) in [6.07, 6.45) is 0. The van der Waals surface area contributed by atoms with Gasteiger partial charge in [-0.25, -0.2) is 0 Å². The molecule has 0 aliphatic carbocycles. The van der Waals surface area contributed by atoms with Crippen LogP contribution >= 0.6 is 0 Å². The van der Waals surface area contributed by atoms with E-state index in [0.29, 0.717) is 12.1 Å². The fraction of sp³-hybridized carbons (Fsp3) is 0.278. The first-order valence-corrected chi connectivity index (χ1v) is 7.65. The third kappa shape index (κ3) is 4.39. The van der Waals surface area contributed by atoms with Gasteiger partial charge in [0.2, 0.25) is 5.91 Å². The second-order valence-corrected chi connectivity index (χ2v) is 5.86. The predicted molar refractivity (Wildman–Crippen MR) is 94.0 cm³/mol. The van der Waals surface area contributed by atoms with Crippen molar-refractivity contribution in [2.75, 3.05) is 18.9 Å². The molecule has 6 nitrogen and oxygen atoms in total. The van der Waals surface area contributed by atoms with Gasteiger partial charge in [-0.1, -0.05) is 36.4 Å². The molecule has 0 aliphatic heterocycles. The van der Waals surface area contributed by atoms with Gasteiger partial charge in [-0.05, 0) is 37.6 Å². The second-order valence-electron chi connectivity index (χ2n) is 5.86. The average molecular weight is 327 g/mol. The van der Waals surface area contributed by atoms with Crippen LogP contribution in [-0.2, 0) is 11.3 Å². The van der Waals surface area contributed by atoms with E-state index in [1.807, 2.05) is 49.2 Å². The van der Waals surface area contributed by atoms with E-state index < -0.39 is 4.92 Å². The highest BCUT2D eigenvalue weighted by molar-refractivity contribution is 5.95. The molecule has 0 radical (unpaired) electrons. The number of nitro benzene ring substituents is 1. The highest BCUT2D eigenvalue weighted by Gasteiger charge is 2.19. The number of aryl methyl sites for hydroxylation is 1. The largest absolute Gasteiger partial charge is 0.319 e. The summed E-state index contributed by atoms with van der Waals surface area (Å²) in [5.74, 6) is -0.273. The summed E-state index contributed by atoms with van der Waals surface area (Å²) in [4.78, 5) is 24.8. The third-order valence-electron chi connectivity index (χ3n) is 3.88. The number of carbonyl (C=O) groups excluding carboxylic acids is 1. The second kappa shape index (κ2) is 7.70. The highest BCUT2D eigenvalue weighted by atomic mass is 16.6. The number of likely N-dealkylation sites (N-methyl/N-ethyl adjacent to an activating group) is 1. The Morgan fingerprint density at radius 3 is 2.46 bits per heavy atom. The number of carbonyl (C=O) groups is 1. The van der Waals surface area contributed by atoms with Gasteiger partial charge in [-0.3, -0.25) is 19.8 Å². The maximum absolute atomic E-state index is 12.3. The minimum absolute atomic E-state index is 0.0860. The fourth-order valence-electron chi connectivity index (χ4n) is 2.49. The normalized spacial score (nSPS) is 10.7. The van der Waals surface area contributed by atoms with Crippen LogP contribution in [0.15, 0.2) is 42.5 Å². The molecule has 24 heavy (non-hydrogen) atoms. The molecule has 0 aromatic heterocycles. The Kier molecular flexibility index (Phi) is 5.65. The van der Waals surface area contributed by atoms with Crippen LogP contribution in [0.4, 0.5) is 11.4 Å². The smallest absolute Gasteiger partial charge is 0.293 e. The first-order chi connectivity index (χ1) is 11.4. The van der Waals surface area contributed by atoms with Crippen LogP contribution in [0.1, 0.15) is 16.7 Å². The van der Waals surface area contributed by atoms with Crippen LogP contribution < -0.4 is 5.32 Å². The van der Waals surface area contributed by atoms with Gasteiger partial charge in [0.15, 0.2) is 0 Å². The average Bonchev–Trinajstić information content (AvgIpc) is 2.52. The van der Waals surface area contributed by atoms with Gasteiger partial charge in [0.1, 0.15) is 5.69 Å². The van der Waals surface area contributed by atoms with Gasteiger partial charge in [-0.2, -0.15) is 0 Å². The van der Waals surface area contributed by atoms with Crippen molar-refractivity contribution in [3.63, 3.8) is 0 Å². The van der Waals surface area contributed by atoms with E-state index >= 15 is 0 Å². The van der Waals surface area contributed by atoms with Crippen molar-refractivity contribution in [3.05, 3.63) is 69.3 Å². The Bertz CT molecular complexity index is 745. The summed E-state index contributed by atoms with van der Waals surface area (Å²) in [6, 6.07) is 12.9. The number of benzene rings is 2. The maximum atomic E-state index is 12.3. The van der Waals surface area contributed by atoms with Gasteiger partial charge in [0.05, 0.1) is 11.5 Å². The topological polar surface area (TPSA) is 75.5 Å². The Morgan fingerprint density at radius 2 is 1.83 bits per heavy atom. The zero-order valence-electron chi connectivity index (χ0n) is 14.1. The molecule has 0 heterocycles. The van der Waals surface area contributed by atoms with Crippen molar-refractivity contribution in [1.82, 2.24) is 4.90 Å². The summed E-state index contributed by atoms with van der Waals surface area (Å²) in [5, 5.41) is 13.9. The van der Waals surface area contributed by atoms with Crippen molar-refractivity contribution in [3.8, 4) is 0 Å². The van der Waals surface area contributed by atoms with E-state index in [2.05, 4.69) is 5.32 Å². The van der Waals surface area contributed by atoms with E-state index in [1.54, 1.807) is 13.0 Å².